The molecule has 1 aromatic rings. The van der Waals surface area contributed by atoms with E-state index in [0.717, 1.165) is 31.6 Å². The second-order valence-corrected chi connectivity index (χ2v) is 5.97. The van der Waals surface area contributed by atoms with E-state index in [-0.39, 0.29) is 18.0 Å². The summed E-state index contributed by atoms with van der Waals surface area (Å²) < 4.78 is 0. The number of fused-ring (bicyclic) bond motifs is 4. The van der Waals surface area contributed by atoms with Gasteiger partial charge in [0.25, 0.3) is 0 Å². The van der Waals surface area contributed by atoms with Crippen LogP contribution in [0, 0.1) is 5.92 Å². The monoisotopic (exact) mass is 287 g/mol. The molecule has 3 aliphatic heterocycles. The van der Waals surface area contributed by atoms with E-state index >= 15 is 0 Å². The van der Waals surface area contributed by atoms with Gasteiger partial charge >= 0.3 is 6.03 Å². The zero-order valence-electron chi connectivity index (χ0n) is 12.3. The first kappa shape index (κ1) is 13.9. The van der Waals surface area contributed by atoms with Crippen LogP contribution in [0.25, 0.3) is 0 Å². The van der Waals surface area contributed by atoms with Gasteiger partial charge in [0.05, 0.1) is 6.04 Å². The number of nitrogens with one attached hydrogen (secondary N) is 1. The number of benzene rings is 1. The van der Waals surface area contributed by atoms with E-state index in [1.54, 1.807) is 6.92 Å². The van der Waals surface area contributed by atoms with Crippen LogP contribution < -0.4 is 5.32 Å². The van der Waals surface area contributed by atoms with Crippen molar-refractivity contribution in [2.75, 3.05) is 25.0 Å². The number of carbonyl (C=O) groups excluding carboxylic acids is 2. The van der Waals surface area contributed by atoms with E-state index in [0.29, 0.717) is 12.5 Å². The number of nitrogens with zero attached hydrogens (tertiary/aromatic N) is 2. The number of amides is 3. The second-order valence-electron chi connectivity index (χ2n) is 5.97. The van der Waals surface area contributed by atoms with E-state index in [2.05, 4.69) is 5.32 Å². The van der Waals surface area contributed by atoms with E-state index in [1.807, 2.05) is 40.1 Å². The first-order valence-corrected chi connectivity index (χ1v) is 7.51. The lowest BCUT2D eigenvalue weighted by molar-refractivity contribution is -0.129. The SMILES string of the molecule is CC(=O)N1C[C@@H]2CC[C@H](C1)N(C(=O)Nc1ccccc1)C2. The van der Waals surface area contributed by atoms with Crippen LogP contribution in [0.4, 0.5) is 10.5 Å². The lowest BCUT2D eigenvalue weighted by Gasteiger charge is -2.35. The third kappa shape index (κ3) is 3.01. The number of hydrogen-bond donors (Lipinski definition) is 1. The molecule has 1 aromatic carbocycles. The topological polar surface area (TPSA) is 52.7 Å². The Balaban J connectivity index is 1.71. The lowest BCUT2D eigenvalue weighted by atomic mass is 9.95. The zero-order valence-corrected chi connectivity index (χ0v) is 12.3. The van der Waals surface area contributed by atoms with Gasteiger partial charge in [0.1, 0.15) is 0 Å². The molecule has 0 radical (unpaired) electrons. The number of urea groups is 1. The van der Waals surface area contributed by atoms with Crippen molar-refractivity contribution in [2.24, 2.45) is 5.92 Å². The molecule has 3 saturated heterocycles. The number of piperidine rings is 1. The molecular weight excluding hydrogens is 266 g/mol. The van der Waals surface area contributed by atoms with Crippen molar-refractivity contribution in [3.8, 4) is 0 Å². The summed E-state index contributed by atoms with van der Waals surface area (Å²) in [5.41, 5.74) is 0.811. The number of rotatable bonds is 1. The fourth-order valence-electron chi connectivity index (χ4n) is 3.30. The summed E-state index contributed by atoms with van der Waals surface area (Å²) in [7, 11) is 0. The molecule has 3 amide bonds. The van der Waals surface area contributed by atoms with Gasteiger partial charge in [-0.25, -0.2) is 4.79 Å². The van der Waals surface area contributed by atoms with Crippen molar-refractivity contribution in [1.29, 1.82) is 0 Å². The molecule has 5 heteroatoms. The van der Waals surface area contributed by atoms with Gasteiger partial charge in [-0.05, 0) is 30.9 Å². The summed E-state index contributed by atoms with van der Waals surface area (Å²) in [6.07, 6.45) is 2.08. The molecule has 0 spiro atoms. The molecule has 4 rings (SSSR count). The Labute approximate surface area is 124 Å². The van der Waals surface area contributed by atoms with Crippen molar-refractivity contribution in [2.45, 2.75) is 25.8 Å². The Kier molecular flexibility index (Phi) is 3.82. The molecule has 1 N–H and O–H groups in total. The van der Waals surface area contributed by atoms with Crippen LogP contribution in [0.2, 0.25) is 0 Å². The highest BCUT2D eigenvalue weighted by molar-refractivity contribution is 5.89. The summed E-state index contributed by atoms with van der Waals surface area (Å²) >= 11 is 0. The highest BCUT2D eigenvalue weighted by Crippen LogP contribution is 2.28. The lowest BCUT2D eigenvalue weighted by Crippen LogP contribution is -2.49. The van der Waals surface area contributed by atoms with E-state index in [9.17, 15) is 9.59 Å². The van der Waals surface area contributed by atoms with Gasteiger partial charge in [0.2, 0.25) is 5.91 Å². The Morgan fingerprint density at radius 3 is 2.57 bits per heavy atom. The Bertz CT molecular complexity index is 532. The molecule has 0 saturated carbocycles. The average molecular weight is 287 g/mol. The largest absolute Gasteiger partial charge is 0.341 e. The first-order chi connectivity index (χ1) is 10.1. The Morgan fingerprint density at radius 2 is 1.86 bits per heavy atom. The van der Waals surface area contributed by atoms with Gasteiger partial charge in [-0.15, -0.1) is 0 Å². The molecule has 2 bridgehead atoms. The van der Waals surface area contributed by atoms with E-state index < -0.39 is 0 Å². The maximum absolute atomic E-state index is 12.5. The maximum Gasteiger partial charge on any atom is 0.322 e. The van der Waals surface area contributed by atoms with Crippen molar-refractivity contribution < 1.29 is 9.59 Å². The Morgan fingerprint density at radius 1 is 1.10 bits per heavy atom. The predicted molar refractivity (Wildman–Crippen MR) is 80.9 cm³/mol. The molecule has 3 aliphatic rings. The molecule has 3 fully saturated rings. The molecule has 5 nitrogen and oxygen atoms in total. The molecular formula is C16H21N3O2. The minimum Gasteiger partial charge on any atom is -0.341 e. The van der Waals surface area contributed by atoms with E-state index in [1.165, 1.54) is 0 Å². The number of hydrogen-bond acceptors (Lipinski definition) is 2. The van der Waals surface area contributed by atoms with Crippen molar-refractivity contribution >= 4 is 17.6 Å². The summed E-state index contributed by atoms with van der Waals surface area (Å²) in [5.74, 6) is 0.506. The van der Waals surface area contributed by atoms with Gasteiger partial charge < -0.3 is 15.1 Å². The number of carbonyl (C=O) groups is 2. The molecule has 2 atom stereocenters. The normalized spacial score (nSPS) is 24.6. The fourth-order valence-corrected chi connectivity index (χ4v) is 3.30. The van der Waals surface area contributed by atoms with E-state index in [4.69, 9.17) is 0 Å². The van der Waals surface area contributed by atoms with Crippen LogP contribution in [0.5, 0.6) is 0 Å². The van der Waals surface area contributed by atoms with Crippen LogP contribution >= 0.6 is 0 Å². The summed E-state index contributed by atoms with van der Waals surface area (Å²) in [4.78, 5) is 27.9. The average Bonchev–Trinajstić information content (AvgIpc) is 2.80. The number of anilines is 1. The predicted octanol–water partition coefficient (Wildman–Crippen LogP) is 2.16. The summed E-state index contributed by atoms with van der Waals surface area (Å²) in [6.45, 7) is 3.79. The van der Waals surface area contributed by atoms with Crippen molar-refractivity contribution in [3.05, 3.63) is 30.3 Å². The van der Waals surface area contributed by atoms with Crippen LogP contribution in [0.1, 0.15) is 19.8 Å². The van der Waals surface area contributed by atoms with Gasteiger partial charge in [-0.3, -0.25) is 4.79 Å². The third-order valence-electron chi connectivity index (χ3n) is 4.44. The molecule has 0 aromatic heterocycles. The van der Waals surface area contributed by atoms with Gasteiger partial charge in [-0.1, -0.05) is 18.2 Å². The van der Waals surface area contributed by atoms with Crippen LogP contribution in [-0.2, 0) is 4.79 Å². The van der Waals surface area contributed by atoms with Crippen LogP contribution in [0.3, 0.4) is 0 Å². The standard InChI is InChI=1S/C16H21N3O2/c1-12(20)18-9-13-7-8-15(11-18)19(10-13)16(21)17-14-5-3-2-4-6-14/h2-6,13,15H,7-11H2,1H3,(H,17,21)/t13-,15+/m0/s1. The quantitative estimate of drug-likeness (QED) is 0.860. The number of para-hydroxylation sites is 1. The molecule has 21 heavy (non-hydrogen) atoms. The first-order valence-electron chi connectivity index (χ1n) is 7.51. The molecule has 112 valence electrons. The van der Waals surface area contributed by atoms with Crippen LogP contribution in [0.15, 0.2) is 30.3 Å². The second kappa shape index (κ2) is 5.76. The molecule has 0 unspecified atom stereocenters. The smallest absolute Gasteiger partial charge is 0.322 e. The summed E-state index contributed by atoms with van der Waals surface area (Å²) in [6, 6.07) is 9.58. The third-order valence-corrected chi connectivity index (χ3v) is 4.44. The van der Waals surface area contributed by atoms with Gasteiger partial charge in [0, 0.05) is 32.2 Å². The van der Waals surface area contributed by atoms with Crippen molar-refractivity contribution in [3.63, 3.8) is 0 Å². The fraction of sp³-hybridized carbons (Fsp3) is 0.500. The highest BCUT2D eigenvalue weighted by Gasteiger charge is 2.37. The zero-order chi connectivity index (χ0) is 14.8. The van der Waals surface area contributed by atoms with Gasteiger partial charge in [-0.2, -0.15) is 0 Å². The molecule has 3 heterocycles. The van der Waals surface area contributed by atoms with Crippen molar-refractivity contribution in [1.82, 2.24) is 9.80 Å². The highest BCUT2D eigenvalue weighted by atomic mass is 16.2. The van der Waals surface area contributed by atoms with Crippen LogP contribution in [-0.4, -0.2) is 47.4 Å². The minimum atomic E-state index is -0.0543. The minimum absolute atomic E-state index is 0.0543. The molecule has 0 aliphatic carbocycles. The van der Waals surface area contributed by atoms with Gasteiger partial charge in [0.15, 0.2) is 0 Å². The summed E-state index contributed by atoms with van der Waals surface area (Å²) in [5, 5.41) is 2.95. The Hall–Kier alpha value is -2.04. The maximum atomic E-state index is 12.5.